The molecule has 1 amide bonds. The van der Waals surface area contributed by atoms with Crippen molar-refractivity contribution in [3.63, 3.8) is 0 Å². The first-order valence-electron chi connectivity index (χ1n) is 8.37. The lowest BCUT2D eigenvalue weighted by atomic mass is 9.87. The second-order valence-corrected chi connectivity index (χ2v) is 7.17. The summed E-state index contributed by atoms with van der Waals surface area (Å²) in [6.07, 6.45) is 0. The number of quaternary nitrogens is 1. The fraction of sp³-hybridized carbons (Fsp3) is 0.300. The van der Waals surface area contributed by atoms with Crippen LogP contribution >= 0.6 is 0 Å². The zero-order valence-corrected chi connectivity index (χ0v) is 14.7. The van der Waals surface area contributed by atoms with Crippen LogP contribution < -0.4 is 9.64 Å². The Balaban J connectivity index is 1.66. The number of para-hydroxylation sites is 1. The van der Waals surface area contributed by atoms with Crippen LogP contribution in [0.25, 0.3) is 0 Å². The lowest BCUT2D eigenvalue weighted by molar-refractivity contribution is -0.742. The van der Waals surface area contributed by atoms with Crippen LogP contribution in [0.1, 0.15) is 31.9 Å². The molecule has 0 aromatic heterocycles. The third-order valence-corrected chi connectivity index (χ3v) is 4.44. The summed E-state index contributed by atoms with van der Waals surface area (Å²) in [4.78, 5) is 13.0. The minimum absolute atomic E-state index is 0.106. The van der Waals surface area contributed by atoms with Crippen LogP contribution in [0.2, 0.25) is 0 Å². The number of hydrogen-bond donors (Lipinski definition) is 2. The van der Waals surface area contributed by atoms with E-state index in [1.54, 1.807) is 6.07 Å². The second kappa shape index (κ2) is 6.69. The molecule has 1 aliphatic heterocycles. The van der Waals surface area contributed by atoms with E-state index in [1.165, 1.54) is 5.56 Å². The molecule has 2 aromatic carbocycles. The van der Waals surface area contributed by atoms with E-state index in [0.717, 1.165) is 11.4 Å². The summed E-state index contributed by atoms with van der Waals surface area (Å²) in [5, 5.41) is 12.3. The molecule has 25 heavy (non-hydrogen) atoms. The standard InChI is InChI=1S/C20H22N2O3/c1-20(2,3)14-8-10-15(11-9-14)25-13-12-22-17-7-5-4-6-16(17)18(21-24)19(22)23/h4-11,24H,12-13H2,1-3H3/p+1. The molecule has 0 bridgehead atoms. The number of fused-ring (bicyclic) bond motifs is 1. The van der Waals surface area contributed by atoms with Crippen LogP contribution in [-0.4, -0.2) is 30.0 Å². The highest BCUT2D eigenvalue weighted by Crippen LogP contribution is 2.24. The van der Waals surface area contributed by atoms with Crippen LogP contribution in [0, 0.1) is 0 Å². The van der Waals surface area contributed by atoms with Crippen molar-refractivity contribution in [2.75, 3.05) is 13.2 Å². The highest BCUT2D eigenvalue weighted by atomic mass is 16.5. The van der Waals surface area contributed by atoms with Gasteiger partial charge in [0, 0.05) is 6.07 Å². The minimum Gasteiger partial charge on any atom is -0.488 e. The Bertz CT molecular complexity index is 804. The van der Waals surface area contributed by atoms with Crippen molar-refractivity contribution in [2.45, 2.75) is 26.2 Å². The zero-order chi connectivity index (χ0) is 18.0. The number of benzene rings is 2. The fourth-order valence-electron chi connectivity index (χ4n) is 3.01. The monoisotopic (exact) mass is 339 g/mol. The molecule has 1 aliphatic rings. The smallest absolute Gasteiger partial charge is 0.372 e. The van der Waals surface area contributed by atoms with Crippen molar-refractivity contribution in [2.24, 2.45) is 5.16 Å². The number of nitrogens with one attached hydrogen (secondary N) is 1. The fourth-order valence-corrected chi connectivity index (χ4v) is 3.01. The first-order chi connectivity index (χ1) is 11.9. The molecule has 2 N–H and O–H groups in total. The predicted molar refractivity (Wildman–Crippen MR) is 95.9 cm³/mol. The van der Waals surface area contributed by atoms with E-state index in [-0.39, 0.29) is 17.0 Å². The van der Waals surface area contributed by atoms with E-state index in [0.29, 0.717) is 23.6 Å². The molecule has 0 aliphatic carbocycles. The average molecular weight is 339 g/mol. The Kier molecular flexibility index (Phi) is 4.59. The van der Waals surface area contributed by atoms with Crippen molar-refractivity contribution in [3.8, 4) is 5.75 Å². The quantitative estimate of drug-likeness (QED) is 0.664. The summed E-state index contributed by atoms with van der Waals surface area (Å²) in [6.45, 7) is 7.37. The zero-order valence-electron chi connectivity index (χ0n) is 14.7. The Labute approximate surface area is 147 Å². The molecule has 5 heteroatoms. The second-order valence-electron chi connectivity index (χ2n) is 7.17. The minimum atomic E-state index is -0.226. The van der Waals surface area contributed by atoms with E-state index >= 15 is 0 Å². The molecular weight excluding hydrogens is 316 g/mol. The number of amides is 1. The highest BCUT2D eigenvalue weighted by Gasteiger charge is 2.40. The summed E-state index contributed by atoms with van der Waals surface area (Å²) in [7, 11) is 0. The summed E-state index contributed by atoms with van der Waals surface area (Å²) in [6, 6.07) is 15.4. The molecule has 3 rings (SSSR count). The van der Waals surface area contributed by atoms with Crippen LogP contribution in [-0.2, 0) is 10.2 Å². The third-order valence-electron chi connectivity index (χ3n) is 4.44. The number of nitrogens with zero attached hydrogens (tertiary/aromatic N) is 1. The number of ether oxygens (including phenoxy) is 1. The predicted octanol–water partition coefficient (Wildman–Crippen LogP) is 2.30. The SMILES string of the molecule is CC(C)(C)c1ccc(OCC[NH+]2C(=O)C(=NO)c3ccccc32)cc1. The molecule has 130 valence electrons. The Morgan fingerprint density at radius 2 is 1.76 bits per heavy atom. The average Bonchev–Trinajstić information content (AvgIpc) is 2.86. The number of hydrogen-bond acceptors (Lipinski definition) is 4. The number of carbonyl (C=O) groups is 1. The van der Waals surface area contributed by atoms with Crippen LogP contribution in [0.15, 0.2) is 53.7 Å². The van der Waals surface area contributed by atoms with Gasteiger partial charge in [-0.25, -0.2) is 9.69 Å². The van der Waals surface area contributed by atoms with E-state index in [1.807, 2.05) is 30.3 Å². The van der Waals surface area contributed by atoms with Gasteiger partial charge in [-0.3, -0.25) is 0 Å². The van der Waals surface area contributed by atoms with E-state index in [4.69, 9.17) is 9.94 Å². The van der Waals surface area contributed by atoms with Gasteiger partial charge in [-0.05, 0) is 29.2 Å². The molecule has 5 nitrogen and oxygen atoms in total. The van der Waals surface area contributed by atoms with Gasteiger partial charge in [0.2, 0.25) is 5.71 Å². The van der Waals surface area contributed by atoms with Crippen molar-refractivity contribution >= 4 is 17.3 Å². The molecule has 0 spiro atoms. The topological polar surface area (TPSA) is 63.3 Å². The third kappa shape index (κ3) is 3.42. The van der Waals surface area contributed by atoms with Gasteiger partial charge in [-0.2, -0.15) is 0 Å². The molecule has 0 saturated carbocycles. The van der Waals surface area contributed by atoms with Crippen LogP contribution in [0.5, 0.6) is 5.75 Å². The molecule has 1 unspecified atom stereocenters. The van der Waals surface area contributed by atoms with Crippen molar-refractivity contribution in [1.82, 2.24) is 0 Å². The molecule has 0 radical (unpaired) electrons. The van der Waals surface area contributed by atoms with Crippen molar-refractivity contribution in [1.29, 1.82) is 0 Å². The van der Waals surface area contributed by atoms with Gasteiger partial charge in [-0.1, -0.05) is 50.2 Å². The Hall–Kier alpha value is -2.66. The van der Waals surface area contributed by atoms with E-state index in [2.05, 4.69) is 38.1 Å². The lowest BCUT2D eigenvalue weighted by Crippen LogP contribution is -3.09. The first kappa shape index (κ1) is 17.2. The molecule has 0 fully saturated rings. The van der Waals surface area contributed by atoms with Gasteiger partial charge in [0.1, 0.15) is 24.6 Å². The summed E-state index contributed by atoms with van der Waals surface area (Å²) < 4.78 is 5.79. The summed E-state index contributed by atoms with van der Waals surface area (Å²) in [5.74, 6) is 0.554. The maximum atomic E-state index is 12.4. The Morgan fingerprint density at radius 1 is 1.08 bits per heavy atom. The number of carbonyl (C=O) groups excluding carboxylic acids is 1. The van der Waals surface area contributed by atoms with Crippen molar-refractivity contribution < 1.29 is 19.6 Å². The van der Waals surface area contributed by atoms with E-state index < -0.39 is 0 Å². The molecule has 1 heterocycles. The maximum absolute atomic E-state index is 12.4. The molecular formula is C20H23N2O3+. The summed E-state index contributed by atoms with van der Waals surface area (Å²) >= 11 is 0. The van der Waals surface area contributed by atoms with Gasteiger partial charge in [0.25, 0.3) is 0 Å². The van der Waals surface area contributed by atoms with Gasteiger partial charge in [0.05, 0.1) is 5.56 Å². The van der Waals surface area contributed by atoms with Gasteiger partial charge in [0.15, 0.2) is 0 Å². The van der Waals surface area contributed by atoms with Gasteiger partial charge < -0.3 is 9.94 Å². The number of oxime groups is 1. The van der Waals surface area contributed by atoms with Crippen molar-refractivity contribution in [3.05, 3.63) is 59.7 Å². The molecule has 1 atom stereocenters. The first-order valence-corrected chi connectivity index (χ1v) is 8.37. The largest absolute Gasteiger partial charge is 0.488 e. The highest BCUT2D eigenvalue weighted by molar-refractivity contribution is 6.45. The maximum Gasteiger partial charge on any atom is 0.372 e. The van der Waals surface area contributed by atoms with E-state index in [9.17, 15) is 4.79 Å². The van der Waals surface area contributed by atoms with Crippen LogP contribution in [0.4, 0.5) is 5.69 Å². The normalized spacial score (nSPS) is 18.4. The number of rotatable bonds is 4. The van der Waals surface area contributed by atoms with Gasteiger partial charge >= 0.3 is 5.91 Å². The lowest BCUT2D eigenvalue weighted by Gasteiger charge is -2.19. The molecule has 0 saturated heterocycles. The summed E-state index contributed by atoms with van der Waals surface area (Å²) in [5.41, 5.74) is 2.97. The Morgan fingerprint density at radius 3 is 2.40 bits per heavy atom. The van der Waals surface area contributed by atoms with Gasteiger partial charge in [-0.15, -0.1) is 0 Å². The van der Waals surface area contributed by atoms with Crippen LogP contribution in [0.3, 0.4) is 0 Å². The molecule has 2 aromatic rings.